The number of nitrogens with two attached hydrogens (primary N) is 2. The van der Waals surface area contributed by atoms with Crippen LogP contribution in [0.5, 0.6) is 5.75 Å². The number of fused-ring (bicyclic) bond motifs is 1. The molecule has 8 nitrogen and oxygen atoms in total. The van der Waals surface area contributed by atoms with Crippen molar-refractivity contribution in [1.82, 2.24) is 15.0 Å². The Balaban J connectivity index is 1.61. The van der Waals surface area contributed by atoms with E-state index in [1.54, 1.807) is 0 Å². The van der Waals surface area contributed by atoms with Crippen LogP contribution in [0.3, 0.4) is 0 Å². The molecule has 0 spiro atoms. The summed E-state index contributed by atoms with van der Waals surface area (Å²) in [5.41, 5.74) is 11.9. The Morgan fingerprint density at radius 2 is 1.95 bits per heavy atom. The van der Waals surface area contributed by atoms with Gasteiger partial charge in [0.2, 0.25) is 11.9 Å². The fraction of sp³-hybridized carbons (Fsp3) is 0.286. The first-order chi connectivity index (χ1) is 10.6. The third-order valence-corrected chi connectivity index (χ3v) is 3.27. The third kappa shape index (κ3) is 3.05. The quantitative estimate of drug-likeness (QED) is 0.777. The first-order valence-electron chi connectivity index (χ1n) is 6.75. The Hall–Kier alpha value is -2.90. The molecular formula is C14H15N5O3. The number of nitrogen functional groups attached to an aromatic ring is 2. The molecule has 0 radical (unpaired) electrons. The second-order valence-corrected chi connectivity index (χ2v) is 4.90. The first kappa shape index (κ1) is 14.1. The number of benzene rings is 1. The minimum absolute atomic E-state index is 0.00604. The lowest BCUT2D eigenvalue weighted by Gasteiger charge is -2.23. The molecule has 2 aromatic rings. The number of carbonyl (C=O) groups excluding carboxylic acids is 1. The minimum atomic E-state index is -0.368. The van der Waals surface area contributed by atoms with Gasteiger partial charge in [0.25, 0.3) is 0 Å². The zero-order valence-corrected chi connectivity index (χ0v) is 11.7. The molecule has 4 N–H and O–H groups in total. The lowest BCUT2D eigenvalue weighted by atomic mass is 9.97. The highest BCUT2D eigenvalue weighted by Crippen LogP contribution is 2.27. The monoisotopic (exact) mass is 301 g/mol. The molecule has 0 saturated heterocycles. The summed E-state index contributed by atoms with van der Waals surface area (Å²) < 4.78 is 10.8. The Kier molecular flexibility index (Phi) is 3.73. The van der Waals surface area contributed by atoms with Gasteiger partial charge in [-0.15, -0.1) is 0 Å². The first-order valence-corrected chi connectivity index (χ1v) is 6.75. The molecule has 3 rings (SSSR count). The highest BCUT2D eigenvalue weighted by molar-refractivity contribution is 5.73. The Morgan fingerprint density at radius 1 is 1.23 bits per heavy atom. The number of hydrogen-bond acceptors (Lipinski definition) is 8. The van der Waals surface area contributed by atoms with E-state index in [0.717, 1.165) is 11.3 Å². The average Bonchev–Trinajstić information content (AvgIpc) is 2.51. The van der Waals surface area contributed by atoms with Crippen molar-refractivity contribution in [1.29, 1.82) is 0 Å². The molecule has 0 fully saturated rings. The third-order valence-electron chi connectivity index (χ3n) is 3.27. The summed E-state index contributed by atoms with van der Waals surface area (Å²) in [6.07, 6.45) is 0.580. The molecular weight excluding hydrogens is 286 g/mol. The van der Waals surface area contributed by atoms with Gasteiger partial charge in [-0.1, -0.05) is 18.2 Å². The minimum Gasteiger partial charge on any atom is -0.492 e. The molecule has 1 aromatic heterocycles. The van der Waals surface area contributed by atoms with Crippen molar-refractivity contribution < 1.29 is 14.3 Å². The van der Waals surface area contributed by atoms with Crippen LogP contribution >= 0.6 is 0 Å². The van der Waals surface area contributed by atoms with Crippen LogP contribution in [0.2, 0.25) is 0 Å². The number of hydrogen-bond donors (Lipinski definition) is 2. The Morgan fingerprint density at radius 3 is 2.73 bits per heavy atom. The normalized spacial score (nSPS) is 16.5. The van der Waals surface area contributed by atoms with Gasteiger partial charge in [0.1, 0.15) is 12.4 Å². The van der Waals surface area contributed by atoms with E-state index < -0.39 is 0 Å². The molecule has 114 valence electrons. The Bertz CT molecular complexity index is 686. The smallest absolute Gasteiger partial charge is 0.313 e. The molecule has 0 aliphatic carbocycles. The molecule has 1 aromatic carbocycles. The van der Waals surface area contributed by atoms with Crippen molar-refractivity contribution in [3.8, 4) is 5.75 Å². The van der Waals surface area contributed by atoms with Crippen LogP contribution in [0.25, 0.3) is 0 Å². The van der Waals surface area contributed by atoms with Crippen molar-refractivity contribution in [3.05, 3.63) is 35.7 Å². The van der Waals surface area contributed by atoms with Gasteiger partial charge in [0.15, 0.2) is 12.4 Å². The zero-order chi connectivity index (χ0) is 15.5. The molecule has 22 heavy (non-hydrogen) atoms. The highest BCUT2D eigenvalue weighted by Gasteiger charge is 2.27. The summed E-state index contributed by atoms with van der Waals surface area (Å²) in [7, 11) is 0. The second kappa shape index (κ2) is 5.84. The lowest BCUT2D eigenvalue weighted by molar-refractivity contribution is -0.151. The summed E-state index contributed by atoms with van der Waals surface area (Å²) in [5, 5.41) is 0. The van der Waals surface area contributed by atoms with Crippen molar-refractivity contribution in [2.45, 2.75) is 13.0 Å². The maximum atomic E-state index is 12.1. The predicted octanol–water partition coefficient (Wildman–Crippen LogP) is 0.330. The molecule has 1 aliphatic rings. The van der Waals surface area contributed by atoms with Crippen molar-refractivity contribution in [2.24, 2.45) is 5.92 Å². The molecule has 0 bridgehead atoms. The average molecular weight is 301 g/mol. The Labute approximate surface area is 126 Å². The lowest BCUT2D eigenvalue weighted by Crippen LogP contribution is -2.29. The fourth-order valence-corrected chi connectivity index (χ4v) is 2.25. The largest absolute Gasteiger partial charge is 0.492 e. The SMILES string of the molecule is Nc1nc(N)nc(COC(=O)[C@@H]2COc3ccccc3C2)n1. The van der Waals surface area contributed by atoms with Gasteiger partial charge in [-0.25, -0.2) is 0 Å². The predicted molar refractivity (Wildman–Crippen MR) is 77.6 cm³/mol. The zero-order valence-electron chi connectivity index (χ0n) is 11.7. The molecule has 8 heteroatoms. The standard InChI is InChI=1S/C14H15N5O3/c15-13-17-11(18-14(16)19-13)7-22-12(20)9-5-8-3-1-2-4-10(8)21-6-9/h1-4,9H,5-7H2,(H4,15,16,17,18,19)/t9-/m0/s1. The van der Waals surface area contributed by atoms with Gasteiger partial charge >= 0.3 is 5.97 Å². The molecule has 0 saturated carbocycles. The fourth-order valence-electron chi connectivity index (χ4n) is 2.25. The van der Waals surface area contributed by atoms with Crippen LogP contribution < -0.4 is 16.2 Å². The van der Waals surface area contributed by atoms with Crippen LogP contribution in [-0.2, 0) is 22.6 Å². The van der Waals surface area contributed by atoms with Crippen LogP contribution in [-0.4, -0.2) is 27.5 Å². The number of ether oxygens (including phenoxy) is 2. The molecule has 0 amide bonds. The molecule has 0 unspecified atom stereocenters. The molecule has 2 heterocycles. The summed E-state index contributed by atoms with van der Waals surface area (Å²) in [6.45, 7) is 0.186. The van der Waals surface area contributed by atoms with E-state index in [4.69, 9.17) is 20.9 Å². The van der Waals surface area contributed by atoms with Gasteiger partial charge in [0.05, 0.1) is 5.92 Å². The van der Waals surface area contributed by atoms with E-state index >= 15 is 0 Å². The van der Waals surface area contributed by atoms with Crippen LogP contribution in [0, 0.1) is 5.92 Å². The van der Waals surface area contributed by atoms with E-state index in [1.165, 1.54) is 0 Å². The van der Waals surface area contributed by atoms with Crippen molar-refractivity contribution in [3.63, 3.8) is 0 Å². The highest BCUT2D eigenvalue weighted by atomic mass is 16.5. The summed E-state index contributed by atoms with van der Waals surface area (Å²) in [6, 6.07) is 7.62. The molecule has 1 atom stereocenters. The van der Waals surface area contributed by atoms with Gasteiger partial charge in [-0.05, 0) is 18.1 Å². The van der Waals surface area contributed by atoms with Gasteiger partial charge in [0, 0.05) is 0 Å². The maximum Gasteiger partial charge on any atom is 0.313 e. The van der Waals surface area contributed by atoms with Crippen LogP contribution in [0.1, 0.15) is 11.4 Å². The van der Waals surface area contributed by atoms with E-state index in [2.05, 4.69) is 15.0 Å². The summed E-state index contributed by atoms with van der Waals surface area (Å²) in [5.74, 6) is 0.292. The molecule has 1 aliphatic heterocycles. The number of rotatable bonds is 3. The van der Waals surface area contributed by atoms with Crippen molar-refractivity contribution >= 4 is 17.9 Å². The second-order valence-electron chi connectivity index (χ2n) is 4.90. The van der Waals surface area contributed by atoms with E-state index in [9.17, 15) is 4.79 Å². The number of aromatic nitrogens is 3. The van der Waals surface area contributed by atoms with E-state index in [-0.39, 0.29) is 42.8 Å². The number of anilines is 2. The van der Waals surface area contributed by atoms with Gasteiger partial charge < -0.3 is 20.9 Å². The number of nitrogens with zero attached hydrogens (tertiary/aromatic N) is 3. The number of para-hydroxylation sites is 1. The summed E-state index contributed by atoms with van der Waals surface area (Å²) in [4.78, 5) is 23.5. The van der Waals surface area contributed by atoms with Gasteiger partial charge in [-0.3, -0.25) is 4.79 Å². The van der Waals surface area contributed by atoms with Crippen LogP contribution in [0.4, 0.5) is 11.9 Å². The van der Waals surface area contributed by atoms with E-state index in [1.807, 2.05) is 24.3 Å². The summed E-state index contributed by atoms with van der Waals surface area (Å²) >= 11 is 0. The van der Waals surface area contributed by atoms with Gasteiger partial charge in [-0.2, -0.15) is 15.0 Å². The number of esters is 1. The van der Waals surface area contributed by atoms with Crippen molar-refractivity contribution in [2.75, 3.05) is 18.1 Å². The topological polar surface area (TPSA) is 126 Å². The number of carbonyl (C=O) groups is 1. The van der Waals surface area contributed by atoms with Crippen LogP contribution in [0.15, 0.2) is 24.3 Å². The van der Waals surface area contributed by atoms with E-state index in [0.29, 0.717) is 6.42 Å². The maximum absolute atomic E-state index is 12.1.